The highest BCUT2D eigenvalue weighted by molar-refractivity contribution is 6.30. The maximum absolute atomic E-state index is 12.0. The normalized spacial score (nSPS) is 9.92. The molecule has 0 atom stereocenters. The van der Waals surface area contributed by atoms with Gasteiger partial charge >= 0.3 is 5.97 Å². The first-order valence-corrected chi connectivity index (χ1v) is 7.70. The van der Waals surface area contributed by atoms with Crippen molar-refractivity contribution in [1.29, 1.82) is 5.26 Å². The summed E-state index contributed by atoms with van der Waals surface area (Å²) in [7, 11) is 1.17. The quantitative estimate of drug-likeness (QED) is 0.773. The second-order valence-corrected chi connectivity index (χ2v) is 5.51. The molecule has 8 nitrogen and oxygen atoms in total. The van der Waals surface area contributed by atoms with Crippen molar-refractivity contribution < 1.29 is 23.5 Å². The number of benzene rings is 1. The zero-order chi connectivity index (χ0) is 19.3. The van der Waals surface area contributed by atoms with Gasteiger partial charge in [-0.1, -0.05) is 11.6 Å². The van der Waals surface area contributed by atoms with Crippen LogP contribution in [0.4, 0.5) is 5.88 Å². The lowest BCUT2D eigenvalue weighted by atomic mass is 10.1. The summed E-state index contributed by atoms with van der Waals surface area (Å²) in [5, 5.41) is 14.5. The van der Waals surface area contributed by atoms with Crippen LogP contribution in [-0.2, 0) is 9.53 Å². The van der Waals surface area contributed by atoms with Gasteiger partial charge in [-0.05, 0) is 31.2 Å². The SMILES string of the molecule is COC(=O)c1c(C)oc(NC(=O)CNC(=O)c2ccc(Cl)cc2)c1C#N. The molecule has 2 aromatic rings. The molecule has 0 radical (unpaired) electrons. The predicted octanol–water partition coefficient (Wildman–Crippen LogP) is 2.27. The summed E-state index contributed by atoms with van der Waals surface area (Å²) in [5.41, 5.74) is 0.129. The largest absolute Gasteiger partial charge is 0.465 e. The van der Waals surface area contributed by atoms with Crippen molar-refractivity contribution in [3.8, 4) is 6.07 Å². The van der Waals surface area contributed by atoms with Crippen LogP contribution < -0.4 is 10.6 Å². The van der Waals surface area contributed by atoms with Gasteiger partial charge in [0.05, 0.1) is 13.7 Å². The van der Waals surface area contributed by atoms with Crippen molar-refractivity contribution in [3.63, 3.8) is 0 Å². The minimum atomic E-state index is -0.751. The minimum Gasteiger partial charge on any atom is -0.465 e. The summed E-state index contributed by atoms with van der Waals surface area (Å²) in [6, 6.07) is 7.93. The van der Waals surface area contributed by atoms with Gasteiger partial charge in [-0.2, -0.15) is 5.26 Å². The molecule has 0 saturated carbocycles. The summed E-state index contributed by atoms with van der Waals surface area (Å²) in [6.45, 7) is 1.10. The highest BCUT2D eigenvalue weighted by Crippen LogP contribution is 2.26. The highest BCUT2D eigenvalue weighted by Gasteiger charge is 2.25. The monoisotopic (exact) mass is 375 g/mol. The van der Waals surface area contributed by atoms with Gasteiger partial charge in [0.1, 0.15) is 23.0 Å². The Morgan fingerprint density at radius 3 is 2.50 bits per heavy atom. The van der Waals surface area contributed by atoms with E-state index >= 15 is 0 Å². The van der Waals surface area contributed by atoms with Crippen LogP contribution in [0.1, 0.15) is 32.0 Å². The highest BCUT2D eigenvalue weighted by atomic mass is 35.5. The number of methoxy groups -OCH3 is 1. The Morgan fingerprint density at radius 1 is 1.27 bits per heavy atom. The predicted molar refractivity (Wildman–Crippen MR) is 91.9 cm³/mol. The first-order chi connectivity index (χ1) is 12.4. The fourth-order valence-electron chi connectivity index (χ4n) is 2.12. The third kappa shape index (κ3) is 4.20. The summed E-state index contributed by atoms with van der Waals surface area (Å²) in [5.74, 6) is -1.90. The second-order valence-electron chi connectivity index (χ2n) is 5.08. The van der Waals surface area contributed by atoms with E-state index in [2.05, 4.69) is 15.4 Å². The van der Waals surface area contributed by atoms with E-state index in [0.29, 0.717) is 10.6 Å². The molecule has 0 aliphatic carbocycles. The average molecular weight is 376 g/mol. The molecule has 0 aliphatic heterocycles. The smallest absolute Gasteiger partial charge is 0.342 e. The molecular weight excluding hydrogens is 362 g/mol. The van der Waals surface area contributed by atoms with Gasteiger partial charge in [0.15, 0.2) is 0 Å². The zero-order valence-corrected chi connectivity index (χ0v) is 14.6. The molecule has 134 valence electrons. The van der Waals surface area contributed by atoms with E-state index in [9.17, 15) is 19.6 Å². The molecule has 0 fully saturated rings. The Morgan fingerprint density at radius 2 is 1.92 bits per heavy atom. The Kier molecular flexibility index (Phi) is 5.98. The van der Waals surface area contributed by atoms with Gasteiger partial charge in [0, 0.05) is 10.6 Å². The number of rotatable bonds is 5. The molecule has 1 aromatic heterocycles. The molecule has 9 heteroatoms. The number of halogens is 1. The number of carbonyl (C=O) groups excluding carboxylic acids is 3. The molecule has 2 N–H and O–H groups in total. The molecule has 1 heterocycles. The number of ether oxygens (including phenoxy) is 1. The van der Waals surface area contributed by atoms with Gasteiger partial charge in [-0.15, -0.1) is 0 Å². The molecule has 26 heavy (non-hydrogen) atoms. The van der Waals surface area contributed by atoms with Crippen LogP contribution in [0.5, 0.6) is 0 Å². The number of nitrogens with one attached hydrogen (secondary N) is 2. The van der Waals surface area contributed by atoms with E-state index in [0.717, 1.165) is 0 Å². The van der Waals surface area contributed by atoms with Crippen LogP contribution in [0.2, 0.25) is 5.02 Å². The van der Waals surface area contributed by atoms with Crippen molar-refractivity contribution in [2.75, 3.05) is 19.0 Å². The molecule has 0 aliphatic rings. The minimum absolute atomic E-state index is 0.0597. The van der Waals surface area contributed by atoms with Crippen molar-refractivity contribution in [2.45, 2.75) is 6.92 Å². The molecule has 2 rings (SSSR count). The molecule has 1 aromatic carbocycles. The molecule has 0 bridgehead atoms. The first-order valence-electron chi connectivity index (χ1n) is 7.32. The number of esters is 1. The van der Waals surface area contributed by atoms with Gasteiger partial charge in [-0.3, -0.25) is 14.9 Å². The van der Waals surface area contributed by atoms with Gasteiger partial charge in [0.25, 0.3) is 5.91 Å². The molecule has 0 unspecified atom stereocenters. The van der Waals surface area contributed by atoms with Gasteiger partial charge in [-0.25, -0.2) is 4.79 Å². The van der Waals surface area contributed by atoms with Crippen LogP contribution in [-0.4, -0.2) is 31.4 Å². The first kappa shape index (κ1) is 19.0. The third-order valence-electron chi connectivity index (χ3n) is 3.35. The number of nitriles is 1. The number of amides is 2. The van der Waals surface area contributed by atoms with Crippen LogP contribution in [0, 0.1) is 18.3 Å². The maximum atomic E-state index is 12.0. The molecule has 0 spiro atoms. The Hall–Kier alpha value is -3.31. The fourth-order valence-corrected chi connectivity index (χ4v) is 2.25. The number of hydrogen-bond donors (Lipinski definition) is 2. The van der Waals surface area contributed by atoms with Crippen LogP contribution in [0.15, 0.2) is 28.7 Å². The fraction of sp³-hybridized carbons (Fsp3) is 0.176. The summed E-state index contributed by atoms with van der Waals surface area (Å²) >= 11 is 5.74. The lowest BCUT2D eigenvalue weighted by molar-refractivity contribution is -0.115. The Bertz CT molecular complexity index is 896. The Labute approximate surface area is 153 Å². The number of anilines is 1. The number of carbonyl (C=O) groups is 3. The number of nitrogens with zero attached hydrogens (tertiary/aromatic N) is 1. The van der Waals surface area contributed by atoms with Crippen molar-refractivity contribution >= 4 is 35.3 Å². The summed E-state index contributed by atoms with van der Waals surface area (Å²) in [4.78, 5) is 35.6. The molecule has 2 amide bonds. The van der Waals surface area contributed by atoms with Crippen LogP contribution in [0.25, 0.3) is 0 Å². The lowest BCUT2D eigenvalue weighted by Gasteiger charge is -2.05. The second kappa shape index (κ2) is 8.18. The van der Waals surface area contributed by atoms with E-state index < -0.39 is 17.8 Å². The van der Waals surface area contributed by atoms with Crippen LogP contribution >= 0.6 is 11.6 Å². The standard InChI is InChI=1S/C17H14ClN3O5/c1-9-14(17(24)25-2)12(7-19)16(26-9)21-13(22)8-20-15(23)10-3-5-11(18)6-4-10/h3-6H,8H2,1-2H3,(H,20,23)(H,21,22). The van der Waals surface area contributed by atoms with E-state index in [1.54, 1.807) is 18.2 Å². The van der Waals surface area contributed by atoms with Crippen LogP contribution in [0.3, 0.4) is 0 Å². The molecule has 0 saturated heterocycles. The van der Waals surface area contributed by atoms with Crippen molar-refractivity contribution in [3.05, 3.63) is 51.7 Å². The average Bonchev–Trinajstić information content (AvgIpc) is 2.94. The lowest BCUT2D eigenvalue weighted by Crippen LogP contribution is -2.32. The number of aryl methyl sites for hydroxylation is 1. The van der Waals surface area contributed by atoms with Gasteiger partial charge < -0.3 is 14.5 Å². The molecular formula is C17H14ClN3O5. The number of furan rings is 1. The summed E-state index contributed by atoms with van der Waals surface area (Å²) in [6.07, 6.45) is 0. The van der Waals surface area contributed by atoms with E-state index in [4.69, 9.17) is 16.0 Å². The van der Waals surface area contributed by atoms with Crippen molar-refractivity contribution in [2.24, 2.45) is 0 Å². The zero-order valence-electron chi connectivity index (χ0n) is 13.9. The summed E-state index contributed by atoms with van der Waals surface area (Å²) < 4.78 is 9.84. The van der Waals surface area contributed by atoms with Gasteiger partial charge in [0.2, 0.25) is 11.8 Å². The third-order valence-corrected chi connectivity index (χ3v) is 3.61. The topological polar surface area (TPSA) is 121 Å². The van der Waals surface area contributed by atoms with Crippen molar-refractivity contribution in [1.82, 2.24) is 5.32 Å². The van der Waals surface area contributed by atoms with E-state index in [-0.39, 0.29) is 29.3 Å². The number of hydrogen-bond acceptors (Lipinski definition) is 6. The maximum Gasteiger partial charge on any atom is 0.342 e. The Balaban J connectivity index is 2.04. The van der Waals surface area contributed by atoms with E-state index in [1.807, 2.05) is 0 Å². The van der Waals surface area contributed by atoms with E-state index in [1.165, 1.54) is 26.2 Å².